The second-order valence-electron chi connectivity index (χ2n) is 6.72. The minimum absolute atomic E-state index is 0. The highest BCUT2D eigenvalue weighted by Gasteiger charge is 2.30. The number of furan rings is 1. The minimum Gasteiger partial charge on any atom is -0.465 e. The van der Waals surface area contributed by atoms with Crippen LogP contribution in [0.1, 0.15) is 49.7 Å². The fourth-order valence-electron chi connectivity index (χ4n) is 3.69. The Balaban J connectivity index is 0.00000144. The maximum Gasteiger partial charge on any atom is 0.223 e. The summed E-state index contributed by atoms with van der Waals surface area (Å²) in [4.78, 5) is 14.7. The molecule has 3 atom stereocenters. The molecule has 1 amide bonds. The van der Waals surface area contributed by atoms with E-state index in [0.717, 1.165) is 43.9 Å². The molecule has 2 fully saturated rings. The number of amides is 1. The van der Waals surface area contributed by atoms with Gasteiger partial charge in [-0.2, -0.15) is 0 Å². The lowest BCUT2D eigenvalue weighted by Crippen LogP contribution is -2.39. The van der Waals surface area contributed by atoms with Gasteiger partial charge in [-0.05, 0) is 64.3 Å². The van der Waals surface area contributed by atoms with Gasteiger partial charge in [0.25, 0.3) is 0 Å². The molecule has 1 aromatic heterocycles. The van der Waals surface area contributed by atoms with Crippen molar-refractivity contribution in [2.24, 2.45) is 11.7 Å². The molecular weight excluding hydrogens is 349 g/mol. The molecule has 1 saturated heterocycles. The molecule has 138 valence electrons. The summed E-state index contributed by atoms with van der Waals surface area (Å²) in [7, 11) is 0. The van der Waals surface area contributed by atoms with Gasteiger partial charge < -0.3 is 15.5 Å². The third-order valence-electron chi connectivity index (χ3n) is 4.98. The van der Waals surface area contributed by atoms with Crippen LogP contribution in [-0.2, 0) is 4.79 Å². The first-order chi connectivity index (χ1) is 10.6. The first-order valence-corrected chi connectivity index (χ1v) is 8.47. The Bertz CT molecular complexity index is 518. The Morgan fingerprint density at radius 3 is 2.58 bits per heavy atom. The van der Waals surface area contributed by atoms with Crippen molar-refractivity contribution in [3.05, 3.63) is 23.7 Å². The zero-order chi connectivity index (χ0) is 15.5. The summed E-state index contributed by atoms with van der Waals surface area (Å²) in [5, 5.41) is 3.13. The maximum atomic E-state index is 12.3. The van der Waals surface area contributed by atoms with Crippen molar-refractivity contribution in [3.63, 3.8) is 0 Å². The number of nitrogens with one attached hydrogen (secondary N) is 1. The Labute approximate surface area is 156 Å². The lowest BCUT2D eigenvalue weighted by atomic mass is 10.1. The van der Waals surface area contributed by atoms with E-state index >= 15 is 0 Å². The van der Waals surface area contributed by atoms with Crippen LogP contribution in [-0.4, -0.2) is 36.5 Å². The van der Waals surface area contributed by atoms with E-state index in [1.165, 1.54) is 12.8 Å². The van der Waals surface area contributed by atoms with E-state index in [-0.39, 0.29) is 48.7 Å². The van der Waals surface area contributed by atoms with Crippen LogP contribution >= 0.6 is 24.8 Å². The maximum absolute atomic E-state index is 12.3. The standard InChI is InChI=1S/C17H27N3O2.2ClH/c1-12-4-7-16(22-12)15(20-8-2-3-9-20)11-19-17(21)13-5-6-14(18)10-13;;/h4,7,13-15H,2-3,5-6,8-11,18H2,1H3,(H,19,21);2*1H. The van der Waals surface area contributed by atoms with Gasteiger partial charge in [0.2, 0.25) is 5.91 Å². The molecule has 3 rings (SSSR count). The van der Waals surface area contributed by atoms with Crippen LogP contribution in [0.2, 0.25) is 0 Å². The molecule has 3 unspecified atom stereocenters. The highest BCUT2D eigenvalue weighted by molar-refractivity contribution is 5.85. The number of rotatable bonds is 5. The third-order valence-corrected chi connectivity index (χ3v) is 4.98. The van der Waals surface area contributed by atoms with Crippen molar-refractivity contribution in [2.75, 3.05) is 19.6 Å². The number of nitrogens with two attached hydrogens (primary N) is 1. The molecule has 0 radical (unpaired) electrons. The fourth-order valence-corrected chi connectivity index (χ4v) is 3.69. The second-order valence-corrected chi connectivity index (χ2v) is 6.72. The summed E-state index contributed by atoms with van der Waals surface area (Å²) in [5.41, 5.74) is 5.91. The van der Waals surface area contributed by atoms with Crippen molar-refractivity contribution in [2.45, 2.75) is 51.1 Å². The average molecular weight is 378 g/mol. The summed E-state index contributed by atoms with van der Waals surface area (Å²) in [6.45, 7) is 4.74. The van der Waals surface area contributed by atoms with E-state index in [0.29, 0.717) is 6.54 Å². The summed E-state index contributed by atoms with van der Waals surface area (Å²) < 4.78 is 5.82. The smallest absolute Gasteiger partial charge is 0.223 e. The molecule has 2 heterocycles. The molecule has 2 aliphatic rings. The second kappa shape index (κ2) is 9.66. The first-order valence-electron chi connectivity index (χ1n) is 8.47. The quantitative estimate of drug-likeness (QED) is 0.827. The van der Waals surface area contributed by atoms with Gasteiger partial charge in [-0.1, -0.05) is 0 Å². The van der Waals surface area contributed by atoms with Crippen LogP contribution in [0, 0.1) is 12.8 Å². The minimum atomic E-state index is 0. The third kappa shape index (κ3) is 5.12. The number of halogens is 2. The Kier molecular flexibility index (Phi) is 8.57. The van der Waals surface area contributed by atoms with Crippen molar-refractivity contribution in [3.8, 4) is 0 Å². The molecule has 5 nitrogen and oxygen atoms in total. The molecule has 3 N–H and O–H groups in total. The van der Waals surface area contributed by atoms with Crippen LogP contribution < -0.4 is 11.1 Å². The summed E-state index contributed by atoms with van der Waals surface area (Å²) in [6, 6.07) is 4.37. The number of nitrogens with zero attached hydrogens (tertiary/aromatic N) is 1. The summed E-state index contributed by atoms with van der Waals surface area (Å²) >= 11 is 0. The van der Waals surface area contributed by atoms with Gasteiger partial charge in [-0.3, -0.25) is 9.69 Å². The molecule has 0 aromatic carbocycles. The van der Waals surface area contributed by atoms with Crippen LogP contribution in [0.4, 0.5) is 0 Å². The van der Waals surface area contributed by atoms with E-state index in [4.69, 9.17) is 10.2 Å². The lowest BCUT2D eigenvalue weighted by Gasteiger charge is -2.26. The number of carbonyl (C=O) groups excluding carboxylic acids is 1. The molecular formula is C17H29Cl2N3O2. The largest absolute Gasteiger partial charge is 0.465 e. The number of carbonyl (C=O) groups is 1. The van der Waals surface area contributed by atoms with E-state index in [9.17, 15) is 4.79 Å². The number of hydrogen-bond donors (Lipinski definition) is 2. The summed E-state index contributed by atoms with van der Waals surface area (Å²) in [5.74, 6) is 2.13. The first kappa shape index (κ1) is 21.3. The van der Waals surface area contributed by atoms with Crippen molar-refractivity contribution in [1.82, 2.24) is 10.2 Å². The number of likely N-dealkylation sites (tertiary alicyclic amines) is 1. The van der Waals surface area contributed by atoms with Crippen LogP contribution in [0.25, 0.3) is 0 Å². The van der Waals surface area contributed by atoms with Crippen LogP contribution in [0.5, 0.6) is 0 Å². The average Bonchev–Trinajstić information content (AvgIpc) is 3.21. The fraction of sp³-hybridized carbons (Fsp3) is 0.706. The van der Waals surface area contributed by atoms with Gasteiger partial charge in [0.05, 0.1) is 6.04 Å². The predicted molar refractivity (Wildman–Crippen MR) is 99.8 cm³/mol. The molecule has 1 aliphatic heterocycles. The summed E-state index contributed by atoms with van der Waals surface area (Å²) in [6.07, 6.45) is 5.15. The topological polar surface area (TPSA) is 71.5 Å². The zero-order valence-corrected chi connectivity index (χ0v) is 15.8. The highest BCUT2D eigenvalue weighted by atomic mass is 35.5. The van der Waals surface area contributed by atoms with Gasteiger partial charge in [-0.25, -0.2) is 0 Å². The van der Waals surface area contributed by atoms with E-state index in [1.54, 1.807) is 0 Å². The van der Waals surface area contributed by atoms with Gasteiger partial charge in [0.1, 0.15) is 11.5 Å². The molecule has 1 saturated carbocycles. The zero-order valence-electron chi connectivity index (χ0n) is 14.2. The van der Waals surface area contributed by atoms with Gasteiger partial charge in [0.15, 0.2) is 0 Å². The van der Waals surface area contributed by atoms with E-state index in [2.05, 4.69) is 10.2 Å². The molecule has 24 heavy (non-hydrogen) atoms. The van der Waals surface area contributed by atoms with Crippen LogP contribution in [0.3, 0.4) is 0 Å². The van der Waals surface area contributed by atoms with Crippen LogP contribution in [0.15, 0.2) is 16.5 Å². The highest BCUT2D eigenvalue weighted by Crippen LogP contribution is 2.27. The van der Waals surface area contributed by atoms with E-state index in [1.807, 2.05) is 19.1 Å². The predicted octanol–water partition coefficient (Wildman–Crippen LogP) is 2.81. The monoisotopic (exact) mass is 377 g/mol. The number of aryl methyl sites for hydroxylation is 1. The molecule has 1 aliphatic carbocycles. The molecule has 0 spiro atoms. The van der Waals surface area contributed by atoms with Gasteiger partial charge in [-0.15, -0.1) is 24.8 Å². The van der Waals surface area contributed by atoms with Crippen molar-refractivity contribution in [1.29, 1.82) is 0 Å². The van der Waals surface area contributed by atoms with Crippen molar-refractivity contribution >= 4 is 30.7 Å². The molecule has 0 bridgehead atoms. The number of hydrogen-bond acceptors (Lipinski definition) is 4. The van der Waals surface area contributed by atoms with Gasteiger partial charge in [0, 0.05) is 18.5 Å². The Morgan fingerprint density at radius 1 is 1.33 bits per heavy atom. The SMILES string of the molecule is Cc1ccc(C(CNC(=O)C2CCC(N)C2)N2CCCC2)o1.Cl.Cl. The molecule has 1 aromatic rings. The van der Waals surface area contributed by atoms with Gasteiger partial charge >= 0.3 is 0 Å². The molecule has 7 heteroatoms. The van der Waals surface area contributed by atoms with E-state index < -0.39 is 0 Å². The Morgan fingerprint density at radius 2 is 2.04 bits per heavy atom. The lowest BCUT2D eigenvalue weighted by molar-refractivity contribution is -0.125. The normalized spacial score (nSPS) is 24.9. The van der Waals surface area contributed by atoms with Crippen molar-refractivity contribution < 1.29 is 9.21 Å². The Hall–Kier alpha value is -0.750.